The van der Waals surface area contributed by atoms with Crippen molar-refractivity contribution in [2.45, 2.75) is 26.2 Å². The van der Waals surface area contributed by atoms with Gasteiger partial charge in [-0.15, -0.1) is 0 Å². The summed E-state index contributed by atoms with van der Waals surface area (Å²) >= 11 is 0. The molecule has 0 saturated carbocycles. The van der Waals surface area contributed by atoms with Gasteiger partial charge in [-0.2, -0.15) is 5.10 Å². The van der Waals surface area contributed by atoms with Crippen LogP contribution in [0.5, 0.6) is 0 Å². The number of anilines is 1. The number of nitrogens with zero attached hydrogens (tertiary/aromatic N) is 4. The number of pyridine rings is 3. The van der Waals surface area contributed by atoms with Gasteiger partial charge in [0.05, 0.1) is 28.8 Å². The van der Waals surface area contributed by atoms with E-state index in [0.717, 1.165) is 68.6 Å². The van der Waals surface area contributed by atoms with Crippen molar-refractivity contribution in [2.75, 3.05) is 5.32 Å². The number of unbranched alkanes of at least 4 members (excludes halogenated alkanes) is 1. The lowest BCUT2D eigenvalue weighted by Crippen LogP contribution is -2.11. The van der Waals surface area contributed by atoms with E-state index in [1.807, 2.05) is 42.5 Å². The van der Waals surface area contributed by atoms with Crippen molar-refractivity contribution >= 4 is 33.5 Å². The van der Waals surface area contributed by atoms with Crippen LogP contribution in [0.3, 0.4) is 0 Å². The summed E-state index contributed by atoms with van der Waals surface area (Å²) in [5.74, 6) is 0.00543. The number of hydrogen-bond donors (Lipinski definition) is 3. The van der Waals surface area contributed by atoms with E-state index in [-0.39, 0.29) is 5.91 Å². The molecule has 0 atom stereocenters. The van der Waals surface area contributed by atoms with Crippen LogP contribution in [0.1, 0.15) is 26.2 Å². The fourth-order valence-electron chi connectivity index (χ4n) is 4.53. The second-order valence-electron chi connectivity index (χ2n) is 8.97. The second-order valence-corrected chi connectivity index (χ2v) is 8.97. The van der Waals surface area contributed by atoms with Crippen molar-refractivity contribution in [2.24, 2.45) is 0 Å². The van der Waals surface area contributed by atoms with Gasteiger partial charge in [0.15, 0.2) is 0 Å². The van der Waals surface area contributed by atoms with E-state index in [1.54, 1.807) is 24.8 Å². The standard InChI is InChI=1S/C29H25N7O/c1-2-3-7-27(37)33-20-13-19(16-30-17-20)18-8-9-25-23(14-18)28(36-35-25)26-15-22-21(10-12-32-29(22)34-26)24-6-4-5-11-31-24/h4-6,8-17H,2-3,7H2,1H3,(H,32,34)(H,33,37)(H,35,36). The second kappa shape index (κ2) is 9.66. The maximum Gasteiger partial charge on any atom is 0.224 e. The predicted octanol–water partition coefficient (Wildman–Crippen LogP) is 6.36. The Balaban J connectivity index is 1.37. The third-order valence-corrected chi connectivity index (χ3v) is 6.40. The highest BCUT2D eigenvalue weighted by Gasteiger charge is 2.15. The number of benzene rings is 1. The third-order valence-electron chi connectivity index (χ3n) is 6.40. The average Bonchev–Trinajstić information content (AvgIpc) is 3.56. The molecule has 0 unspecified atom stereocenters. The zero-order valence-electron chi connectivity index (χ0n) is 20.3. The van der Waals surface area contributed by atoms with Crippen molar-refractivity contribution in [3.63, 3.8) is 0 Å². The molecule has 6 rings (SSSR count). The Bertz CT molecular complexity index is 1720. The van der Waals surface area contributed by atoms with E-state index in [0.29, 0.717) is 12.1 Å². The lowest BCUT2D eigenvalue weighted by atomic mass is 10.0. The molecule has 0 spiro atoms. The summed E-state index contributed by atoms with van der Waals surface area (Å²) in [7, 11) is 0. The van der Waals surface area contributed by atoms with Gasteiger partial charge in [-0.25, -0.2) is 4.98 Å². The van der Waals surface area contributed by atoms with E-state index in [4.69, 9.17) is 0 Å². The Morgan fingerprint density at radius 2 is 1.89 bits per heavy atom. The fraction of sp³-hybridized carbons (Fsp3) is 0.138. The molecule has 37 heavy (non-hydrogen) atoms. The highest BCUT2D eigenvalue weighted by Crippen LogP contribution is 2.34. The molecule has 1 aromatic carbocycles. The van der Waals surface area contributed by atoms with Gasteiger partial charge in [-0.1, -0.05) is 25.5 Å². The number of nitrogens with one attached hydrogen (secondary N) is 3. The molecule has 0 aliphatic rings. The van der Waals surface area contributed by atoms with Gasteiger partial charge >= 0.3 is 0 Å². The number of rotatable bonds is 7. The average molecular weight is 488 g/mol. The van der Waals surface area contributed by atoms with Gasteiger partial charge in [0, 0.05) is 46.9 Å². The van der Waals surface area contributed by atoms with Crippen molar-refractivity contribution in [3.8, 4) is 33.8 Å². The Morgan fingerprint density at radius 3 is 2.76 bits per heavy atom. The molecule has 0 aliphatic heterocycles. The van der Waals surface area contributed by atoms with Gasteiger partial charge in [0.25, 0.3) is 0 Å². The first-order chi connectivity index (χ1) is 18.2. The Labute approximate surface area is 213 Å². The number of H-pyrrole nitrogens is 2. The van der Waals surface area contributed by atoms with Gasteiger partial charge in [0.1, 0.15) is 11.3 Å². The lowest BCUT2D eigenvalue weighted by molar-refractivity contribution is -0.116. The van der Waals surface area contributed by atoms with Gasteiger partial charge in [-0.05, 0) is 54.4 Å². The van der Waals surface area contributed by atoms with Crippen LogP contribution in [-0.4, -0.2) is 36.0 Å². The van der Waals surface area contributed by atoms with Gasteiger partial charge < -0.3 is 10.3 Å². The van der Waals surface area contributed by atoms with E-state index in [9.17, 15) is 4.79 Å². The maximum atomic E-state index is 12.2. The minimum absolute atomic E-state index is 0.00543. The molecule has 5 heterocycles. The minimum Gasteiger partial charge on any atom is -0.338 e. The number of carbonyl (C=O) groups is 1. The summed E-state index contributed by atoms with van der Waals surface area (Å²) in [6, 6.07) is 18.0. The molecule has 0 aliphatic carbocycles. The van der Waals surface area contributed by atoms with Crippen molar-refractivity contribution in [3.05, 3.63) is 79.4 Å². The number of carbonyl (C=O) groups excluding carboxylic acids is 1. The molecule has 1 amide bonds. The molecule has 0 bridgehead atoms. The summed E-state index contributed by atoms with van der Waals surface area (Å²) < 4.78 is 0. The molecule has 8 heteroatoms. The van der Waals surface area contributed by atoms with E-state index in [2.05, 4.69) is 54.5 Å². The molecule has 3 N–H and O–H groups in total. The Morgan fingerprint density at radius 1 is 0.946 bits per heavy atom. The summed E-state index contributed by atoms with van der Waals surface area (Å²) in [6.07, 6.45) is 9.40. The zero-order valence-corrected chi connectivity index (χ0v) is 20.3. The first kappa shape index (κ1) is 22.6. The number of hydrogen-bond acceptors (Lipinski definition) is 5. The number of aromatic nitrogens is 6. The van der Waals surface area contributed by atoms with Crippen LogP contribution in [0, 0.1) is 0 Å². The quantitative estimate of drug-likeness (QED) is 0.243. The predicted molar refractivity (Wildman–Crippen MR) is 146 cm³/mol. The molecule has 0 radical (unpaired) electrons. The van der Waals surface area contributed by atoms with Crippen molar-refractivity contribution < 1.29 is 4.79 Å². The lowest BCUT2D eigenvalue weighted by Gasteiger charge is -2.07. The van der Waals surface area contributed by atoms with Crippen LogP contribution >= 0.6 is 0 Å². The molecule has 8 nitrogen and oxygen atoms in total. The molecular weight excluding hydrogens is 462 g/mol. The normalized spacial score (nSPS) is 11.3. The van der Waals surface area contributed by atoms with Crippen LogP contribution in [0.15, 0.2) is 79.4 Å². The van der Waals surface area contributed by atoms with Crippen LogP contribution in [0.25, 0.3) is 55.7 Å². The first-order valence-electron chi connectivity index (χ1n) is 12.3. The number of aromatic amines is 2. The number of fused-ring (bicyclic) bond motifs is 2. The fourth-order valence-corrected chi connectivity index (χ4v) is 4.53. The highest BCUT2D eigenvalue weighted by atomic mass is 16.1. The molecule has 0 saturated heterocycles. The smallest absolute Gasteiger partial charge is 0.224 e. The summed E-state index contributed by atoms with van der Waals surface area (Å²) in [5.41, 5.74) is 7.86. The van der Waals surface area contributed by atoms with Gasteiger partial charge in [-0.3, -0.25) is 19.9 Å². The minimum atomic E-state index is 0.00543. The molecule has 182 valence electrons. The van der Waals surface area contributed by atoms with E-state index < -0.39 is 0 Å². The van der Waals surface area contributed by atoms with Gasteiger partial charge in [0.2, 0.25) is 5.91 Å². The molecule has 5 aromatic heterocycles. The Kier molecular flexibility index (Phi) is 5.90. The zero-order chi connectivity index (χ0) is 25.2. The maximum absolute atomic E-state index is 12.2. The first-order valence-corrected chi connectivity index (χ1v) is 12.3. The van der Waals surface area contributed by atoms with Crippen molar-refractivity contribution in [1.82, 2.24) is 30.1 Å². The molecule has 0 fully saturated rings. The third kappa shape index (κ3) is 4.45. The molecule has 6 aromatic rings. The van der Waals surface area contributed by atoms with E-state index >= 15 is 0 Å². The van der Waals surface area contributed by atoms with Crippen LogP contribution < -0.4 is 5.32 Å². The highest BCUT2D eigenvalue weighted by molar-refractivity contribution is 6.00. The summed E-state index contributed by atoms with van der Waals surface area (Å²) in [4.78, 5) is 29.0. The van der Waals surface area contributed by atoms with Crippen molar-refractivity contribution in [1.29, 1.82) is 0 Å². The summed E-state index contributed by atoms with van der Waals surface area (Å²) in [5, 5.41) is 12.7. The topological polar surface area (TPSA) is 112 Å². The Hall–Kier alpha value is -4.85. The largest absolute Gasteiger partial charge is 0.338 e. The van der Waals surface area contributed by atoms with Crippen LogP contribution in [0.4, 0.5) is 5.69 Å². The summed E-state index contributed by atoms with van der Waals surface area (Å²) in [6.45, 7) is 2.07. The number of amides is 1. The van der Waals surface area contributed by atoms with Crippen LogP contribution in [0.2, 0.25) is 0 Å². The molecular formula is C29H25N7O. The van der Waals surface area contributed by atoms with Crippen LogP contribution in [-0.2, 0) is 4.79 Å². The van der Waals surface area contributed by atoms with E-state index in [1.165, 1.54) is 0 Å². The SMILES string of the molecule is CCCCC(=O)Nc1cncc(-c2ccc3[nH]nc(-c4cc5c(-c6ccccn6)ccnc5[nH]4)c3c2)c1. The monoisotopic (exact) mass is 487 g/mol.